The van der Waals surface area contributed by atoms with E-state index in [4.69, 9.17) is 4.52 Å². The molecule has 17 heavy (non-hydrogen) atoms. The lowest BCUT2D eigenvalue weighted by Gasteiger charge is -2.32. The molecule has 1 atom stereocenters. The zero-order chi connectivity index (χ0) is 12.3. The first-order valence-corrected chi connectivity index (χ1v) is 6.36. The average molecular weight is 238 g/mol. The lowest BCUT2D eigenvalue weighted by Crippen LogP contribution is -2.40. The van der Waals surface area contributed by atoms with Crippen LogP contribution in [0.1, 0.15) is 31.5 Å². The summed E-state index contributed by atoms with van der Waals surface area (Å²) in [5.41, 5.74) is 0. The Balaban J connectivity index is 1.75. The average Bonchev–Trinajstić information content (AvgIpc) is 2.73. The van der Waals surface area contributed by atoms with E-state index in [1.165, 1.54) is 25.9 Å². The van der Waals surface area contributed by atoms with E-state index >= 15 is 0 Å². The second-order valence-corrected chi connectivity index (χ2v) is 5.04. The van der Waals surface area contributed by atoms with Gasteiger partial charge < -0.3 is 14.7 Å². The Labute approximate surface area is 103 Å². The van der Waals surface area contributed by atoms with Crippen LogP contribution < -0.4 is 5.32 Å². The molecule has 0 aliphatic carbocycles. The SMILES string of the molecule is Cc1nc(CNC(C)C2CCN(C)CC2)no1. The molecule has 5 nitrogen and oxygen atoms in total. The fraction of sp³-hybridized carbons (Fsp3) is 0.833. The molecule has 0 spiro atoms. The molecule has 0 bridgehead atoms. The molecule has 1 aromatic heterocycles. The van der Waals surface area contributed by atoms with Gasteiger partial charge in [0.1, 0.15) is 0 Å². The van der Waals surface area contributed by atoms with Crippen LogP contribution in [-0.2, 0) is 6.54 Å². The first-order valence-electron chi connectivity index (χ1n) is 6.36. The van der Waals surface area contributed by atoms with Gasteiger partial charge in [-0.2, -0.15) is 4.98 Å². The molecule has 1 N–H and O–H groups in total. The van der Waals surface area contributed by atoms with Crippen molar-refractivity contribution >= 4 is 0 Å². The van der Waals surface area contributed by atoms with Crippen molar-refractivity contribution in [2.75, 3.05) is 20.1 Å². The molecule has 1 aliphatic heterocycles. The molecule has 0 radical (unpaired) electrons. The van der Waals surface area contributed by atoms with E-state index in [2.05, 4.69) is 34.3 Å². The topological polar surface area (TPSA) is 54.2 Å². The van der Waals surface area contributed by atoms with Crippen LogP contribution in [0.4, 0.5) is 0 Å². The van der Waals surface area contributed by atoms with E-state index < -0.39 is 0 Å². The first kappa shape index (κ1) is 12.5. The van der Waals surface area contributed by atoms with Crippen LogP contribution in [0.5, 0.6) is 0 Å². The maximum absolute atomic E-state index is 4.95. The van der Waals surface area contributed by atoms with Gasteiger partial charge in [-0.25, -0.2) is 0 Å². The summed E-state index contributed by atoms with van der Waals surface area (Å²) in [6, 6.07) is 0.516. The number of nitrogens with zero attached hydrogens (tertiary/aromatic N) is 3. The monoisotopic (exact) mass is 238 g/mol. The summed E-state index contributed by atoms with van der Waals surface area (Å²) in [5.74, 6) is 2.15. The molecule has 1 unspecified atom stereocenters. The number of rotatable bonds is 4. The molecular formula is C12H22N4O. The molecular weight excluding hydrogens is 216 g/mol. The largest absolute Gasteiger partial charge is 0.340 e. The van der Waals surface area contributed by atoms with Gasteiger partial charge in [-0.3, -0.25) is 0 Å². The normalized spacial score (nSPS) is 20.6. The van der Waals surface area contributed by atoms with Crippen molar-refractivity contribution < 1.29 is 4.52 Å². The van der Waals surface area contributed by atoms with Crippen molar-refractivity contribution in [2.45, 2.75) is 39.3 Å². The third-order valence-electron chi connectivity index (χ3n) is 3.62. The van der Waals surface area contributed by atoms with Crippen LogP contribution in [0, 0.1) is 12.8 Å². The van der Waals surface area contributed by atoms with E-state index in [1.807, 2.05) is 6.92 Å². The smallest absolute Gasteiger partial charge is 0.223 e. The minimum Gasteiger partial charge on any atom is -0.340 e. The summed E-state index contributed by atoms with van der Waals surface area (Å²) >= 11 is 0. The van der Waals surface area contributed by atoms with E-state index in [9.17, 15) is 0 Å². The molecule has 2 heterocycles. The highest BCUT2D eigenvalue weighted by atomic mass is 16.5. The molecule has 96 valence electrons. The number of hydrogen-bond acceptors (Lipinski definition) is 5. The minimum absolute atomic E-state index is 0.516. The van der Waals surface area contributed by atoms with Gasteiger partial charge in [0, 0.05) is 13.0 Å². The van der Waals surface area contributed by atoms with Gasteiger partial charge in [-0.15, -0.1) is 0 Å². The third-order valence-corrected chi connectivity index (χ3v) is 3.62. The van der Waals surface area contributed by atoms with Gasteiger partial charge in [-0.1, -0.05) is 5.16 Å². The third kappa shape index (κ3) is 3.51. The summed E-state index contributed by atoms with van der Waals surface area (Å²) in [6.07, 6.45) is 2.55. The van der Waals surface area contributed by atoms with Crippen LogP contribution in [0.25, 0.3) is 0 Å². The van der Waals surface area contributed by atoms with Gasteiger partial charge in [-0.05, 0) is 45.8 Å². The zero-order valence-electron chi connectivity index (χ0n) is 10.9. The molecule has 0 amide bonds. The van der Waals surface area contributed by atoms with Crippen molar-refractivity contribution in [3.8, 4) is 0 Å². The van der Waals surface area contributed by atoms with Gasteiger partial charge in [0.05, 0.1) is 6.54 Å². The van der Waals surface area contributed by atoms with Gasteiger partial charge in [0.15, 0.2) is 5.82 Å². The quantitative estimate of drug-likeness (QED) is 0.854. The maximum atomic E-state index is 4.95. The Kier molecular flexibility index (Phi) is 4.12. The molecule has 1 aromatic rings. The molecule has 0 aromatic carbocycles. The van der Waals surface area contributed by atoms with E-state index in [0.29, 0.717) is 18.5 Å². The molecule has 1 aliphatic rings. The summed E-state index contributed by atoms with van der Waals surface area (Å²) in [4.78, 5) is 6.59. The van der Waals surface area contributed by atoms with Crippen molar-refractivity contribution in [3.05, 3.63) is 11.7 Å². The lowest BCUT2D eigenvalue weighted by molar-refractivity contribution is 0.189. The van der Waals surface area contributed by atoms with Gasteiger partial charge >= 0.3 is 0 Å². The highest BCUT2D eigenvalue weighted by Gasteiger charge is 2.22. The highest BCUT2D eigenvalue weighted by Crippen LogP contribution is 2.19. The number of aromatic nitrogens is 2. The number of piperidine rings is 1. The van der Waals surface area contributed by atoms with Crippen LogP contribution >= 0.6 is 0 Å². The summed E-state index contributed by atoms with van der Waals surface area (Å²) < 4.78 is 4.95. The first-order chi connectivity index (χ1) is 8.15. The minimum atomic E-state index is 0.516. The second-order valence-electron chi connectivity index (χ2n) is 5.04. The van der Waals surface area contributed by atoms with Crippen molar-refractivity contribution in [1.82, 2.24) is 20.4 Å². The van der Waals surface area contributed by atoms with Gasteiger partial charge in [0.2, 0.25) is 5.89 Å². The molecule has 5 heteroatoms. The Bertz CT molecular complexity index is 344. The highest BCUT2D eigenvalue weighted by molar-refractivity contribution is 4.85. The summed E-state index contributed by atoms with van der Waals surface area (Å²) in [5, 5.41) is 7.38. The van der Waals surface area contributed by atoms with Crippen LogP contribution in [-0.4, -0.2) is 41.2 Å². The Hall–Kier alpha value is -0.940. The number of aryl methyl sites for hydroxylation is 1. The van der Waals surface area contributed by atoms with Crippen molar-refractivity contribution in [2.24, 2.45) is 5.92 Å². The van der Waals surface area contributed by atoms with E-state index in [0.717, 1.165) is 11.7 Å². The van der Waals surface area contributed by atoms with Crippen molar-refractivity contribution in [3.63, 3.8) is 0 Å². The predicted octanol–water partition coefficient (Wildman–Crippen LogP) is 1.20. The molecule has 2 rings (SSSR count). The zero-order valence-corrected chi connectivity index (χ0v) is 10.9. The number of hydrogen-bond donors (Lipinski definition) is 1. The summed E-state index contributed by atoms with van der Waals surface area (Å²) in [7, 11) is 2.19. The molecule has 1 saturated heterocycles. The number of nitrogens with one attached hydrogen (secondary N) is 1. The standard InChI is InChI=1S/C12H22N4O/c1-9(11-4-6-16(3)7-5-11)13-8-12-14-10(2)17-15-12/h9,11,13H,4-8H2,1-3H3. The van der Waals surface area contributed by atoms with Gasteiger partial charge in [0.25, 0.3) is 0 Å². The molecule has 0 saturated carbocycles. The van der Waals surface area contributed by atoms with Crippen LogP contribution in [0.15, 0.2) is 4.52 Å². The summed E-state index contributed by atoms with van der Waals surface area (Å²) in [6.45, 7) is 7.18. The number of likely N-dealkylation sites (tertiary alicyclic amines) is 1. The molecule has 1 fully saturated rings. The Morgan fingerprint density at radius 2 is 2.18 bits per heavy atom. The maximum Gasteiger partial charge on any atom is 0.223 e. The Morgan fingerprint density at radius 3 is 2.76 bits per heavy atom. The van der Waals surface area contributed by atoms with Crippen LogP contribution in [0.2, 0.25) is 0 Å². The van der Waals surface area contributed by atoms with Crippen molar-refractivity contribution in [1.29, 1.82) is 0 Å². The van der Waals surface area contributed by atoms with E-state index in [-0.39, 0.29) is 0 Å². The Morgan fingerprint density at radius 1 is 1.47 bits per heavy atom. The fourth-order valence-electron chi connectivity index (χ4n) is 2.36. The lowest BCUT2D eigenvalue weighted by atomic mass is 9.90. The second kappa shape index (κ2) is 5.60. The van der Waals surface area contributed by atoms with E-state index in [1.54, 1.807) is 0 Å². The van der Waals surface area contributed by atoms with Crippen LogP contribution in [0.3, 0.4) is 0 Å². The predicted molar refractivity (Wildman–Crippen MR) is 65.6 cm³/mol. The fourth-order valence-corrected chi connectivity index (χ4v) is 2.36.